The molecule has 7 nitrogen and oxygen atoms in total. The molecular weight excluding hydrogens is 332 g/mol. The molecule has 26 heavy (non-hydrogen) atoms. The zero-order valence-corrected chi connectivity index (χ0v) is 15.4. The van der Waals surface area contributed by atoms with Crippen molar-refractivity contribution >= 4 is 11.9 Å². The first-order valence-electron chi connectivity index (χ1n) is 9.94. The van der Waals surface area contributed by atoms with E-state index in [4.69, 9.17) is 4.74 Å². The van der Waals surface area contributed by atoms with Crippen LogP contribution in [0.1, 0.15) is 61.6 Å². The Hall–Kier alpha value is -1.89. The summed E-state index contributed by atoms with van der Waals surface area (Å²) in [6, 6.07) is 2.20. The lowest BCUT2D eigenvalue weighted by atomic mass is 9.78. The van der Waals surface area contributed by atoms with E-state index in [0.717, 1.165) is 63.9 Å². The summed E-state index contributed by atoms with van der Waals surface area (Å²) >= 11 is 0. The molecule has 0 aliphatic carbocycles. The number of carbonyl (C=O) groups is 2. The smallest absolute Gasteiger partial charge is 0.309 e. The number of hydrogen-bond donors (Lipinski definition) is 1. The van der Waals surface area contributed by atoms with E-state index >= 15 is 0 Å². The number of piperidine rings is 2. The van der Waals surface area contributed by atoms with Gasteiger partial charge >= 0.3 is 5.97 Å². The third-order valence-electron chi connectivity index (χ3n) is 5.94. The highest BCUT2D eigenvalue weighted by Crippen LogP contribution is 2.38. The number of esters is 1. The molecule has 4 rings (SSSR count). The van der Waals surface area contributed by atoms with E-state index in [1.165, 1.54) is 0 Å². The average Bonchev–Trinajstić information content (AvgIpc) is 2.91. The van der Waals surface area contributed by atoms with E-state index in [1.807, 2.05) is 22.6 Å². The van der Waals surface area contributed by atoms with Crippen molar-refractivity contribution in [1.29, 1.82) is 0 Å². The molecule has 0 radical (unpaired) electrons. The fourth-order valence-corrected chi connectivity index (χ4v) is 4.76. The van der Waals surface area contributed by atoms with Crippen LogP contribution in [0.25, 0.3) is 0 Å². The molecule has 1 amide bonds. The van der Waals surface area contributed by atoms with Gasteiger partial charge in [-0.1, -0.05) is 0 Å². The monoisotopic (exact) mass is 360 g/mol. The Kier molecular flexibility index (Phi) is 4.98. The van der Waals surface area contributed by atoms with Gasteiger partial charge in [-0.3, -0.25) is 14.3 Å². The van der Waals surface area contributed by atoms with Gasteiger partial charge in [-0.25, -0.2) is 0 Å². The normalized spacial score (nSPS) is 28.2. The lowest BCUT2D eigenvalue weighted by molar-refractivity contribution is -0.151. The molecule has 142 valence electrons. The number of aryl methyl sites for hydroxylation is 1. The number of aromatic nitrogens is 2. The van der Waals surface area contributed by atoms with Crippen LogP contribution in [0.5, 0.6) is 0 Å². The van der Waals surface area contributed by atoms with Gasteiger partial charge < -0.3 is 15.0 Å². The first-order valence-corrected chi connectivity index (χ1v) is 9.94. The van der Waals surface area contributed by atoms with Gasteiger partial charge in [0, 0.05) is 25.2 Å². The van der Waals surface area contributed by atoms with Crippen molar-refractivity contribution in [2.75, 3.05) is 13.2 Å². The van der Waals surface area contributed by atoms with Crippen LogP contribution < -0.4 is 5.32 Å². The Morgan fingerprint density at radius 2 is 2.04 bits per heavy atom. The Labute approximate surface area is 154 Å². The Balaban J connectivity index is 1.52. The summed E-state index contributed by atoms with van der Waals surface area (Å²) in [6.45, 7) is 4.86. The minimum atomic E-state index is -0.101. The number of hydrogen-bond acceptors (Lipinski definition) is 5. The van der Waals surface area contributed by atoms with E-state index in [0.29, 0.717) is 12.3 Å². The fraction of sp³-hybridized carbons (Fsp3) is 0.737. The van der Waals surface area contributed by atoms with E-state index < -0.39 is 0 Å². The molecule has 7 heteroatoms. The van der Waals surface area contributed by atoms with Crippen molar-refractivity contribution in [3.8, 4) is 0 Å². The lowest BCUT2D eigenvalue weighted by Gasteiger charge is -2.48. The molecule has 2 saturated heterocycles. The van der Waals surface area contributed by atoms with Crippen LogP contribution in [0.2, 0.25) is 0 Å². The number of ether oxygens (including phenoxy) is 1. The topological polar surface area (TPSA) is 76.5 Å². The van der Waals surface area contributed by atoms with Crippen LogP contribution in [0.3, 0.4) is 0 Å². The third-order valence-corrected chi connectivity index (χ3v) is 5.94. The Bertz CT molecular complexity index is 649. The van der Waals surface area contributed by atoms with Gasteiger partial charge in [0.1, 0.15) is 0 Å². The molecular formula is C19H28N4O3. The maximum Gasteiger partial charge on any atom is 0.309 e. The van der Waals surface area contributed by atoms with Gasteiger partial charge in [0.05, 0.1) is 18.2 Å². The maximum absolute atomic E-state index is 13.2. The predicted molar refractivity (Wildman–Crippen MR) is 95.5 cm³/mol. The molecule has 3 aliphatic heterocycles. The first-order chi connectivity index (χ1) is 12.7. The minimum absolute atomic E-state index is 0.0302. The van der Waals surface area contributed by atoms with Crippen molar-refractivity contribution in [3.63, 3.8) is 0 Å². The van der Waals surface area contributed by atoms with Crippen molar-refractivity contribution < 1.29 is 14.3 Å². The molecule has 0 saturated carbocycles. The van der Waals surface area contributed by atoms with Gasteiger partial charge in [-0.15, -0.1) is 0 Å². The second-order valence-corrected chi connectivity index (χ2v) is 7.65. The number of amides is 1. The van der Waals surface area contributed by atoms with Crippen LogP contribution in [0.4, 0.5) is 0 Å². The molecule has 2 atom stereocenters. The molecule has 0 spiro atoms. The summed E-state index contributed by atoms with van der Waals surface area (Å²) < 4.78 is 7.20. The van der Waals surface area contributed by atoms with Gasteiger partial charge in [-0.05, 0) is 58.1 Å². The predicted octanol–water partition coefficient (Wildman–Crippen LogP) is 1.71. The van der Waals surface area contributed by atoms with Gasteiger partial charge in [0.15, 0.2) is 5.69 Å². The quantitative estimate of drug-likeness (QED) is 0.831. The third kappa shape index (κ3) is 3.24. The van der Waals surface area contributed by atoms with Gasteiger partial charge in [-0.2, -0.15) is 5.10 Å². The molecule has 1 aromatic rings. The van der Waals surface area contributed by atoms with Crippen LogP contribution in [0.15, 0.2) is 6.07 Å². The van der Waals surface area contributed by atoms with E-state index in [2.05, 4.69) is 10.4 Å². The van der Waals surface area contributed by atoms with Crippen molar-refractivity contribution in [2.45, 2.75) is 70.6 Å². The largest absolute Gasteiger partial charge is 0.466 e. The summed E-state index contributed by atoms with van der Waals surface area (Å²) in [6.07, 6.45) is 5.52. The number of rotatable bonds is 3. The highest BCUT2D eigenvalue weighted by atomic mass is 16.5. The van der Waals surface area contributed by atoms with E-state index in [1.54, 1.807) is 0 Å². The summed E-state index contributed by atoms with van der Waals surface area (Å²) in [5, 5.41) is 7.96. The molecule has 2 bridgehead atoms. The summed E-state index contributed by atoms with van der Waals surface area (Å²) in [5.41, 5.74) is 1.63. The number of nitrogens with zero attached hydrogens (tertiary/aromatic N) is 3. The molecule has 0 aromatic carbocycles. The molecule has 2 fully saturated rings. The van der Waals surface area contributed by atoms with Gasteiger partial charge in [0.25, 0.3) is 5.91 Å². The zero-order chi connectivity index (χ0) is 18.1. The molecule has 1 N–H and O–H groups in total. The second kappa shape index (κ2) is 7.39. The maximum atomic E-state index is 13.2. The van der Waals surface area contributed by atoms with Crippen molar-refractivity contribution in [1.82, 2.24) is 20.0 Å². The molecule has 3 aliphatic rings. The van der Waals surface area contributed by atoms with Crippen molar-refractivity contribution in [3.05, 3.63) is 17.5 Å². The highest BCUT2D eigenvalue weighted by molar-refractivity contribution is 5.93. The summed E-state index contributed by atoms with van der Waals surface area (Å²) in [4.78, 5) is 27.4. The lowest BCUT2D eigenvalue weighted by Crippen LogP contribution is -2.55. The fourth-order valence-electron chi connectivity index (χ4n) is 4.76. The molecule has 2 unspecified atom stereocenters. The summed E-state index contributed by atoms with van der Waals surface area (Å²) in [5.74, 6) is -0.143. The zero-order valence-electron chi connectivity index (χ0n) is 15.4. The molecule has 1 aromatic heterocycles. The first kappa shape index (κ1) is 17.5. The standard InChI is InChI=1S/C19H28N4O3/c1-2-26-19(25)13-9-14-5-3-6-15(10-13)23(14)18(24)17-11-16-12-20-7-4-8-22(16)21-17/h11,13-15,20H,2-10,12H2,1H3. The van der Waals surface area contributed by atoms with Crippen LogP contribution in [-0.4, -0.2) is 51.8 Å². The van der Waals surface area contributed by atoms with Gasteiger partial charge in [0.2, 0.25) is 0 Å². The minimum Gasteiger partial charge on any atom is -0.466 e. The highest BCUT2D eigenvalue weighted by Gasteiger charge is 2.44. The van der Waals surface area contributed by atoms with E-state index in [9.17, 15) is 9.59 Å². The average molecular weight is 360 g/mol. The van der Waals surface area contributed by atoms with Crippen LogP contribution in [0, 0.1) is 5.92 Å². The number of nitrogens with one attached hydrogen (secondary N) is 1. The number of carbonyl (C=O) groups excluding carboxylic acids is 2. The SMILES string of the molecule is CCOC(=O)C1CC2CCCC(C1)N2C(=O)c1cc2n(n1)CCCNC2. The van der Waals surface area contributed by atoms with Crippen LogP contribution >= 0.6 is 0 Å². The van der Waals surface area contributed by atoms with Crippen LogP contribution in [-0.2, 0) is 22.6 Å². The summed E-state index contributed by atoms with van der Waals surface area (Å²) in [7, 11) is 0. The number of fused-ring (bicyclic) bond motifs is 3. The van der Waals surface area contributed by atoms with Crippen molar-refractivity contribution in [2.24, 2.45) is 5.92 Å². The Morgan fingerprint density at radius 3 is 2.77 bits per heavy atom. The second-order valence-electron chi connectivity index (χ2n) is 7.65. The Morgan fingerprint density at radius 1 is 1.27 bits per heavy atom. The van der Waals surface area contributed by atoms with E-state index in [-0.39, 0.29) is 29.9 Å². The molecule has 4 heterocycles.